The van der Waals surface area contributed by atoms with Crippen molar-refractivity contribution in [2.45, 2.75) is 20.5 Å². The van der Waals surface area contributed by atoms with Gasteiger partial charge in [0.15, 0.2) is 5.82 Å². The van der Waals surface area contributed by atoms with Crippen LogP contribution in [0.3, 0.4) is 0 Å². The van der Waals surface area contributed by atoms with Crippen LogP contribution in [-0.2, 0) is 11.4 Å². The summed E-state index contributed by atoms with van der Waals surface area (Å²) >= 11 is 5.84. The third-order valence-electron chi connectivity index (χ3n) is 5.06. The number of hydrogen-bond donors (Lipinski definition) is 0. The van der Waals surface area contributed by atoms with E-state index in [1.165, 1.54) is 11.1 Å². The van der Waals surface area contributed by atoms with E-state index in [1.807, 2.05) is 22.9 Å². The summed E-state index contributed by atoms with van der Waals surface area (Å²) in [5, 5.41) is 4.90. The van der Waals surface area contributed by atoms with Gasteiger partial charge in [-0.3, -0.25) is 9.47 Å². The van der Waals surface area contributed by atoms with Crippen LogP contribution >= 0.6 is 12.2 Å². The first kappa shape index (κ1) is 18.1. The number of morpholine rings is 1. The summed E-state index contributed by atoms with van der Waals surface area (Å²) in [6.07, 6.45) is 0. The predicted octanol–water partition coefficient (Wildman–Crippen LogP) is 3.98. The number of benzene rings is 2. The second-order valence-electron chi connectivity index (χ2n) is 6.95. The molecule has 1 aliphatic rings. The average Bonchev–Trinajstić information content (AvgIpc) is 3.02. The monoisotopic (exact) mass is 380 g/mol. The largest absolute Gasteiger partial charge is 0.379 e. The topological polar surface area (TPSA) is 35.2 Å². The van der Waals surface area contributed by atoms with Gasteiger partial charge < -0.3 is 4.74 Å². The first-order valence-electron chi connectivity index (χ1n) is 9.26. The molecule has 1 aromatic heterocycles. The van der Waals surface area contributed by atoms with Crippen LogP contribution < -0.4 is 0 Å². The maximum absolute atomic E-state index is 5.84. The van der Waals surface area contributed by atoms with Gasteiger partial charge in [0.05, 0.1) is 25.6 Å². The minimum absolute atomic E-state index is 0.680. The number of aryl methyl sites for hydroxylation is 2. The van der Waals surface area contributed by atoms with Crippen LogP contribution in [-0.4, -0.2) is 45.6 Å². The second kappa shape index (κ2) is 7.76. The molecule has 3 aromatic rings. The zero-order valence-electron chi connectivity index (χ0n) is 15.8. The van der Waals surface area contributed by atoms with E-state index in [1.54, 1.807) is 0 Å². The molecule has 4 rings (SSSR count). The Morgan fingerprint density at radius 2 is 1.74 bits per heavy atom. The van der Waals surface area contributed by atoms with E-state index in [9.17, 15) is 0 Å². The Morgan fingerprint density at radius 1 is 1.00 bits per heavy atom. The molecule has 140 valence electrons. The van der Waals surface area contributed by atoms with Gasteiger partial charge in [0.2, 0.25) is 4.77 Å². The predicted molar refractivity (Wildman–Crippen MR) is 110 cm³/mol. The van der Waals surface area contributed by atoms with Gasteiger partial charge in [-0.1, -0.05) is 36.4 Å². The van der Waals surface area contributed by atoms with E-state index in [4.69, 9.17) is 22.1 Å². The van der Waals surface area contributed by atoms with Crippen LogP contribution in [0, 0.1) is 18.6 Å². The van der Waals surface area contributed by atoms with E-state index in [-0.39, 0.29) is 0 Å². The van der Waals surface area contributed by atoms with Crippen LogP contribution in [0.2, 0.25) is 0 Å². The van der Waals surface area contributed by atoms with E-state index >= 15 is 0 Å². The fourth-order valence-corrected chi connectivity index (χ4v) is 3.59. The lowest BCUT2D eigenvalue weighted by atomic mass is 10.1. The third kappa shape index (κ3) is 3.74. The van der Waals surface area contributed by atoms with Crippen molar-refractivity contribution in [1.29, 1.82) is 0 Å². The van der Waals surface area contributed by atoms with Gasteiger partial charge in [0, 0.05) is 18.7 Å². The Kier molecular flexibility index (Phi) is 5.20. The van der Waals surface area contributed by atoms with Crippen molar-refractivity contribution in [3.05, 3.63) is 64.4 Å². The van der Waals surface area contributed by atoms with Gasteiger partial charge in [0.25, 0.3) is 0 Å². The van der Waals surface area contributed by atoms with Crippen LogP contribution in [0.1, 0.15) is 11.1 Å². The van der Waals surface area contributed by atoms with Gasteiger partial charge in [-0.05, 0) is 49.3 Å². The number of aromatic nitrogens is 3. The average molecular weight is 381 g/mol. The minimum atomic E-state index is 0.680. The van der Waals surface area contributed by atoms with E-state index in [0.29, 0.717) is 11.4 Å². The molecule has 27 heavy (non-hydrogen) atoms. The smallest absolute Gasteiger partial charge is 0.204 e. The molecule has 0 atom stereocenters. The molecule has 1 aliphatic heterocycles. The molecule has 6 heteroatoms. The zero-order valence-corrected chi connectivity index (χ0v) is 16.6. The second-order valence-corrected chi connectivity index (χ2v) is 7.31. The molecule has 0 spiro atoms. The lowest BCUT2D eigenvalue weighted by Crippen LogP contribution is -2.37. The number of hydrogen-bond acceptors (Lipinski definition) is 4. The maximum Gasteiger partial charge on any atom is 0.204 e. The fourth-order valence-electron chi connectivity index (χ4n) is 3.30. The highest BCUT2D eigenvalue weighted by atomic mass is 32.1. The first-order valence-corrected chi connectivity index (χ1v) is 9.67. The quantitative estimate of drug-likeness (QED) is 0.642. The molecule has 0 unspecified atom stereocenters. The zero-order chi connectivity index (χ0) is 18.8. The molecule has 5 nitrogen and oxygen atoms in total. The summed E-state index contributed by atoms with van der Waals surface area (Å²) in [6, 6.07) is 16.7. The van der Waals surface area contributed by atoms with Crippen molar-refractivity contribution in [3.63, 3.8) is 0 Å². The van der Waals surface area contributed by atoms with Crippen molar-refractivity contribution in [2.24, 2.45) is 0 Å². The molecule has 0 aliphatic carbocycles. The normalized spacial score (nSPS) is 15.2. The van der Waals surface area contributed by atoms with Gasteiger partial charge >= 0.3 is 0 Å². The van der Waals surface area contributed by atoms with Gasteiger partial charge in [-0.2, -0.15) is 0 Å². The Hall–Kier alpha value is -2.28. The van der Waals surface area contributed by atoms with Gasteiger partial charge in [-0.25, -0.2) is 4.68 Å². The van der Waals surface area contributed by atoms with Crippen molar-refractivity contribution >= 4 is 12.2 Å². The summed E-state index contributed by atoms with van der Waals surface area (Å²) in [5.74, 6) is 0.872. The maximum atomic E-state index is 5.84. The molecule has 1 saturated heterocycles. The SMILES string of the molecule is Cc1ccc(-n2c(-c3ccccc3)nn(CN3CCOCC3)c2=S)cc1C. The Bertz CT molecular complexity index is 987. The molecule has 0 radical (unpaired) electrons. The highest BCUT2D eigenvalue weighted by molar-refractivity contribution is 7.71. The van der Waals surface area contributed by atoms with E-state index in [2.05, 4.69) is 53.6 Å². The molecule has 0 N–H and O–H groups in total. The lowest BCUT2D eigenvalue weighted by molar-refractivity contribution is 0.0210. The van der Waals surface area contributed by atoms with Crippen LogP contribution in [0.4, 0.5) is 0 Å². The standard InChI is InChI=1S/C21H24N4OS/c1-16-8-9-19(14-17(16)2)25-20(18-6-4-3-5-7-18)22-24(21(25)27)15-23-10-12-26-13-11-23/h3-9,14H,10-13,15H2,1-2H3. The minimum Gasteiger partial charge on any atom is -0.379 e. The van der Waals surface area contributed by atoms with Crippen LogP contribution in [0.5, 0.6) is 0 Å². The highest BCUT2D eigenvalue weighted by Gasteiger charge is 2.18. The highest BCUT2D eigenvalue weighted by Crippen LogP contribution is 2.24. The molecule has 0 amide bonds. The first-order chi connectivity index (χ1) is 13.1. The Labute approximate surface area is 164 Å². The molecule has 2 aromatic carbocycles. The van der Waals surface area contributed by atoms with Crippen molar-refractivity contribution in [1.82, 2.24) is 19.2 Å². The van der Waals surface area contributed by atoms with Crippen LogP contribution in [0.25, 0.3) is 17.1 Å². The Morgan fingerprint density at radius 3 is 2.44 bits per heavy atom. The molecule has 1 fully saturated rings. The van der Waals surface area contributed by atoms with Crippen LogP contribution in [0.15, 0.2) is 48.5 Å². The molecule has 0 bridgehead atoms. The molecule has 0 saturated carbocycles. The number of rotatable bonds is 4. The molecular formula is C21H24N4OS. The number of nitrogens with zero attached hydrogens (tertiary/aromatic N) is 4. The summed E-state index contributed by atoms with van der Waals surface area (Å²) < 4.78 is 10.2. The van der Waals surface area contributed by atoms with Crippen molar-refractivity contribution < 1.29 is 4.74 Å². The van der Waals surface area contributed by atoms with E-state index in [0.717, 1.165) is 43.4 Å². The van der Waals surface area contributed by atoms with Gasteiger partial charge in [-0.15, -0.1) is 5.10 Å². The Balaban J connectivity index is 1.82. The lowest BCUT2D eigenvalue weighted by Gasteiger charge is -2.26. The van der Waals surface area contributed by atoms with Crippen molar-refractivity contribution in [2.75, 3.05) is 26.3 Å². The summed E-state index contributed by atoms with van der Waals surface area (Å²) in [7, 11) is 0. The number of ether oxygens (including phenoxy) is 1. The summed E-state index contributed by atoms with van der Waals surface area (Å²) in [4.78, 5) is 2.33. The van der Waals surface area contributed by atoms with Crippen molar-refractivity contribution in [3.8, 4) is 17.1 Å². The third-order valence-corrected chi connectivity index (χ3v) is 5.45. The summed E-state index contributed by atoms with van der Waals surface area (Å²) in [5.41, 5.74) is 4.62. The van der Waals surface area contributed by atoms with E-state index < -0.39 is 0 Å². The molecule has 2 heterocycles. The fraction of sp³-hybridized carbons (Fsp3) is 0.333. The summed E-state index contributed by atoms with van der Waals surface area (Å²) in [6.45, 7) is 8.26. The molecular weight excluding hydrogens is 356 g/mol. The van der Waals surface area contributed by atoms with Gasteiger partial charge in [0.1, 0.15) is 0 Å².